The fourth-order valence-corrected chi connectivity index (χ4v) is 2.22. The van der Waals surface area contributed by atoms with E-state index in [-0.39, 0.29) is 18.4 Å². The van der Waals surface area contributed by atoms with Crippen molar-refractivity contribution in [3.63, 3.8) is 0 Å². The average Bonchev–Trinajstić information content (AvgIpc) is 2.44. The van der Waals surface area contributed by atoms with Crippen molar-refractivity contribution >= 4 is 5.91 Å². The van der Waals surface area contributed by atoms with E-state index in [4.69, 9.17) is 10.4 Å². The zero-order valence-electron chi connectivity index (χ0n) is 12.1. The van der Waals surface area contributed by atoms with Gasteiger partial charge in [0.1, 0.15) is 0 Å². The van der Waals surface area contributed by atoms with Crippen LogP contribution in [0, 0.1) is 23.2 Å². The molecular formula is C16H22N2O2. The van der Waals surface area contributed by atoms with Gasteiger partial charge in [-0.1, -0.05) is 19.9 Å². The molecule has 0 aliphatic carbocycles. The highest BCUT2D eigenvalue weighted by Crippen LogP contribution is 2.14. The van der Waals surface area contributed by atoms with Crippen LogP contribution < -0.4 is 5.32 Å². The molecule has 0 aliphatic rings. The van der Waals surface area contributed by atoms with Gasteiger partial charge in [0.2, 0.25) is 0 Å². The lowest BCUT2D eigenvalue weighted by atomic mass is 9.94. The van der Waals surface area contributed by atoms with Crippen LogP contribution in [0.4, 0.5) is 0 Å². The summed E-state index contributed by atoms with van der Waals surface area (Å²) < 4.78 is 0. The van der Waals surface area contributed by atoms with Crippen LogP contribution in [0.1, 0.15) is 42.6 Å². The Balaban J connectivity index is 2.58. The van der Waals surface area contributed by atoms with Gasteiger partial charge < -0.3 is 10.4 Å². The minimum Gasteiger partial charge on any atom is -0.396 e. The largest absolute Gasteiger partial charge is 0.396 e. The van der Waals surface area contributed by atoms with Crippen molar-refractivity contribution in [1.29, 1.82) is 5.26 Å². The van der Waals surface area contributed by atoms with Crippen LogP contribution in [-0.4, -0.2) is 24.2 Å². The summed E-state index contributed by atoms with van der Waals surface area (Å²) in [5, 5.41) is 20.8. The summed E-state index contributed by atoms with van der Waals surface area (Å²) in [6.07, 6.45) is 1.66. The van der Waals surface area contributed by atoms with Crippen molar-refractivity contribution in [2.75, 3.05) is 13.2 Å². The van der Waals surface area contributed by atoms with E-state index in [0.717, 1.165) is 6.42 Å². The Labute approximate surface area is 120 Å². The number of hydrogen-bond acceptors (Lipinski definition) is 3. The molecule has 1 aromatic carbocycles. The quantitative estimate of drug-likeness (QED) is 0.801. The molecule has 0 aromatic heterocycles. The maximum Gasteiger partial charge on any atom is 0.251 e. The predicted octanol–water partition coefficient (Wildman–Crippen LogP) is 2.33. The molecule has 0 radical (unpaired) electrons. The summed E-state index contributed by atoms with van der Waals surface area (Å²) in [5.74, 6) is 0.641. The number of hydrogen-bond donors (Lipinski definition) is 2. The molecule has 0 aliphatic heterocycles. The standard InChI is InChI=1S/C16H22N2O2/c1-12(2)8-14(6-7-19)11-18-16(20)15-5-3-4-13(9-15)10-17/h3-5,9,12,14,19H,6-8,11H2,1-2H3,(H,18,20). The van der Waals surface area contributed by atoms with Gasteiger partial charge in [-0.15, -0.1) is 0 Å². The maximum absolute atomic E-state index is 12.0. The van der Waals surface area contributed by atoms with Crippen LogP contribution in [0.2, 0.25) is 0 Å². The first-order valence-corrected chi connectivity index (χ1v) is 6.96. The highest BCUT2D eigenvalue weighted by atomic mass is 16.3. The first-order valence-electron chi connectivity index (χ1n) is 6.96. The molecule has 0 spiro atoms. The number of aliphatic hydroxyl groups excluding tert-OH is 1. The molecule has 4 heteroatoms. The normalized spacial score (nSPS) is 11.9. The molecule has 1 rings (SSSR count). The van der Waals surface area contributed by atoms with Gasteiger partial charge >= 0.3 is 0 Å². The molecule has 0 heterocycles. The molecule has 0 saturated heterocycles. The summed E-state index contributed by atoms with van der Waals surface area (Å²) in [4.78, 5) is 12.0. The highest BCUT2D eigenvalue weighted by Gasteiger charge is 2.13. The van der Waals surface area contributed by atoms with Crippen molar-refractivity contribution in [2.24, 2.45) is 11.8 Å². The van der Waals surface area contributed by atoms with E-state index in [1.807, 2.05) is 6.07 Å². The average molecular weight is 274 g/mol. The molecule has 1 atom stereocenters. The van der Waals surface area contributed by atoms with E-state index in [1.165, 1.54) is 0 Å². The van der Waals surface area contributed by atoms with Gasteiger partial charge in [-0.3, -0.25) is 4.79 Å². The van der Waals surface area contributed by atoms with E-state index < -0.39 is 0 Å². The van der Waals surface area contributed by atoms with E-state index in [9.17, 15) is 4.79 Å². The fraction of sp³-hybridized carbons (Fsp3) is 0.500. The minimum atomic E-state index is -0.172. The third kappa shape index (κ3) is 5.41. The second-order valence-electron chi connectivity index (χ2n) is 5.41. The van der Waals surface area contributed by atoms with Gasteiger partial charge in [0.15, 0.2) is 0 Å². The number of amides is 1. The summed E-state index contributed by atoms with van der Waals surface area (Å²) in [5.41, 5.74) is 0.975. The van der Waals surface area contributed by atoms with E-state index in [1.54, 1.807) is 24.3 Å². The van der Waals surface area contributed by atoms with E-state index in [2.05, 4.69) is 19.2 Å². The van der Waals surface area contributed by atoms with Gasteiger partial charge in [0.05, 0.1) is 11.6 Å². The van der Waals surface area contributed by atoms with Crippen molar-refractivity contribution in [2.45, 2.75) is 26.7 Å². The molecule has 4 nitrogen and oxygen atoms in total. The van der Waals surface area contributed by atoms with Gasteiger partial charge in [-0.05, 0) is 42.9 Å². The number of rotatable bonds is 7. The fourth-order valence-electron chi connectivity index (χ4n) is 2.22. The third-order valence-corrected chi connectivity index (χ3v) is 3.15. The molecule has 1 aromatic rings. The lowest BCUT2D eigenvalue weighted by Gasteiger charge is -2.18. The van der Waals surface area contributed by atoms with Gasteiger partial charge in [0.25, 0.3) is 5.91 Å². The molecule has 1 amide bonds. The predicted molar refractivity (Wildman–Crippen MR) is 78.1 cm³/mol. The molecule has 108 valence electrons. The van der Waals surface area contributed by atoms with Crippen LogP contribution in [-0.2, 0) is 0 Å². The monoisotopic (exact) mass is 274 g/mol. The number of nitrogens with zero attached hydrogens (tertiary/aromatic N) is 1. The van der Waals surface area contributed by atoms with E-state index in [0.29, 0.717) is 30.0 Å². The molecule has 0 bridgehead atoms. The van der Waals surface area contributed by atoms with Crippen LogP contribution in [0.5, 0.6) is 0 Å². The Morgan fingerprint density at radius 2 is 2.20 bits per heavy atom. The van der Waals surface area contributed by atoms with Gasteiger partial charge in [-0.2, -0.15) is 5.26 Å². The molecule has 2 N–H and O–H groups in total. The van der Waals surface area contributed by atoms with Crippen molar-refractivity contribution in [3.8, 4) is 6.07 Å². The minimum absolute atomic E-state index is 0.136. The molecule has 20 heavy (non-hydrogen) atoms. The molecular weight excluding hydrogens is 252 g/mol. The summed E-state index contributed by atoms with van der Waals surface area (Å²) in [7, 11) is 0. The summed E-state index contributed by atoms with van der Waals surface area (Å²) in [6, 6.07) is 8.67. The van der Waals surface area contributed by atoms with Crippen molar-refractivity contribution in [1.82, 2.24) is 5.32 Å². The van der Waals surface area contributed by atoms with Crippen LogP contribution >= 0.6 is 0 Å². The maximum atomic E-state index is 12.0. The van der Waals surface area contributed by atoms with Crippen LogP contribution in [0.15, 0.2) is 24.3 Å². The topological polar surface area (TPSA) is 73.1 Å². The summed E-state index contributed by atoms with van der Waals surface area (Å²) in [6.45, 7) is 4.94. The number of nitrogens with one attached hydrogen (secondary N) is 1. The summed E-state index contributed by atoms with van der Waals surface area (Å²) >= 11 is 0. The van der Waals surface area contributed by atoms with Crippen molar-refractivity contribution in [3.05, 3.63) is 35.4 Å². The second kappa shape index (κ2) is 8.34. The number of aliphatic hydroxyl groups is 1. The number of nitriles is 1. The SMILES string of the molecule is CC(C)CC(CCO)CNC(=O)c1cccc(C#N)c1. The third-order valence-electron chi connectivity index (χ3n) is 3.15. The number of carbonyl (C=O) groups is 1. The second-order valence-corrected chi connectivity index (χ2v) is 5.41. The van der Waals surface area contributed by atoms with E-state index >= 15 is 0 Å². The molecule has 1 unspecified atom stereocenters. The zero-order chi connectivity index (χ0) is 15.0. The smallest absolute Gasteiger partial charge is 0.251 e. The first kappa shape index (κ1) is 16.2. The van der Waals surface area contributed by atoms with Gasteiger partial charge in [-0.25, -0.2) is 0 Å². The Bertz CT molecular complexity index is 478. The lowest BCUT2D eigenvalue weighted by Crippen LogP contribution is -2.30. The molecule has 0 fully saturated rings. The molecule has 0 saturated carbocycles. The van der Waals surface area contributed by atoms with Gasteiger partial charge in [0, 0.05) is 18.7 Å². The Morgan fingerprint density at radius 1 is 1.45 bits per heavy atom. The Hall–Kier alpha value is -1.86. The van der Waals surface area contributed by atoms with Crippen LogP contribution in [0.25, 0.3) is 0 Å². The Morgan fingerprint density at radius 3 is 2.80 bits per heavy atom. The number of benzene rings is 1. The lowest BCUT2D eigenvalue weighted by molar-refractivity contribution is 0.0941. The Kier molecular flexibility index (Phi) is 6.75. The highest BCUT2D eigenvalue weighted by molar-refractivity contribution is 5.94. The van der Waals surface area contributed by atoms with Crippen LogP contribution in [0.3, 0.4) is 0 Å². The number of carbonyl (C=O) groups excluding carboxylic acids is 1. The van der Waals surface area contributed by atoms with Crippen molar-refractivity contribution < 1.29 is 9.90 Å². The first-order chi connectivity index (χ1) is 9.56. The zero-order valence-corrected chi connectivity index (χ0v) is 12.1.